The van der Waals surface area contributed by atoms with Gasteiger partial charge in [-0.05, 0) is 37.0 Å². The summed E-state index contributed by atoms with van der Waals surface area (Å²) in [4.78, 5) is 12.8. The molecule has 0 unspecified atom stereocenters. The van der Waals surface area contributed by atoms with Crippen LogP contribution in [0.2, 0.25) is 0 Å². The fraction of sp³-hybridized carbons (Fsp3) is 0.350. The summed E-state index contributed by atoms with van der Waals surface area (Å²) in [6.07, 6.45) is 0.471. The molecule has 3 rings (SSSR count). The number of hydrogen-bond acceptors (Lipinski definition) is 4. The van der Waals surface area contributed by atoms with Crippen LogP contribution in [0.4, 0.5) is 0 Å². The Balaban J connectivity index is 1.77. The molecular formula is C20H23NO4S. The van der Waals surface area contributed by atoms with Gasteiger partial charge in [0.15, 0.2) is 0 Å². The second-order valence-electron chi connectivity index (χ2n) is 6.84. The van der Waals surface area contributed by atoms with Crippen molar-refractivity contribution in [2.24, 2.45) is 5.92 Å². The number of aryl methyl sites for hydroxylation is 1. The standard InChI is InChI=1S/C20H23NO4S/c1-15-8-10-18(11-9-15)26(23,24)21-13-16(2)12-19(21)20(22)25-14-17-6-4-3-5-7-17/h3-11,16,19H,12-14H2,1-2H3/t16-,19+/m1/s1. The van der Waals surface area contributed by atoms with E-state index in [0.29, 0.717) is 13.0 Å². The average molecular weight is 373 g/mol. The minimum atomic E-state index is -3.73. The molecule has 0 N–H and O–H groups in total. The fourth-order valence-corrected chi connectivity index (χ4v) is 4.87. The van der Waals surface area contributed by atoms with E-state index < -0.39 is 22.0 Å². The summed E-state index contributed by atoms with van der Waals surface area (Å²) in [5.74, 6) is -0.390. The molecule has 1 saturated heterocycles. The van der Waals surface area contributed by atoms with Gasteiger partial charge in [0, 0.05) is 6.54 Å². The second kappa shape index (κ2) is 7.60. The van der Waals surface area contributed by atoms with Crippen LogP contribution in [0.5, 0.6) is 0 Å². The van der Waals surface area contributed by atoms with Crippen LogP contribution in [0.3, 0.4) is 0 Å². The Kier molecular flexibility index (Phi) is 5.44. The van der Waals surface area contributed by atoms with Crippen molar-refractivity contribution in [1.29, 1.82) is 0 Å². The van der Waals surface area contributed by atoms with Gasteiger partial charge >= 0.3 is 5.97 Å². The van der Waals surface area contributed by atoms with Crippen LogP contribution in [0.15, 0.2) is 59.5 Å². The summed E-state index contributed by atoms with van der Waals surface area (Å²) in [5, 5.41) is 0. The molecule has 1 aliphatic rings. The normalized spacial score (nSPS) is 20.8. The van der Waals surface area contributed by atoms with Crippen LogP contribution in [-0.2, 0) is 26.2 Å². The monoisotopic (exact) mass is 373 g/mol. The Morgan fingerprint density at radius 1 is 1.12 bits per heavy atom. The first-order valence-corrected chi connectivity index (χ1v) is 10.1. The largest absolute Gasteiger partial charge is 0.460 e. The van der Waals surface area contributed by atoms with E-state index in [1.54, 1.807) is 24.3 Å². The van der Waals surface area contributed by atoms with E-state index in [-0.39, 0.29) is 17.4 Å². The lowest BCUT2D eigenvalue weighted by Gasteiger charge is -2.23. The first-order chi connectivity index (χ1) is 12.4. The fourth-order valence-electron chi connectivity index (χ4n) is 3.16. The Hall–Kier alpha value is -2.18. The molecule has 0 amide bonds. The number of rotatable bonds is 5. The van der Waals surface area contributed by atoms with Gasteiger partial charge in [-0.15, -0.1) is 0 Å². The van der Waals surface area contributed by atoms with Gasteiger partial charge in [0.1, 0.15) is 12.6 Å². The number of ether oxygens (including phenoxy) is 1. The Morgan fingerprint density at radius 2 is 1.77 bits per heavy atom. The lowest BCUT2D eigenvalue weighted by molar-refractivity contribution is -0.148. The lowest BCUT2D eigenvalue weighted by atomic mass is 10.1. The Morgan fingerprint density at radius 3 is 2.42 bits per heavy atom. The molecule has 0 aliphatic carbocycles. The molecule has 26 heavy (non-hydrogen) atoms. The van der Waals surface area contributed by atoms with E-state index in [1.807, 2.05) is 44.2 Å². The second-order valence-corrected chi connectivity index (χ2v) is 8.73. The molecule has 1 aliphatic heterocycles. The van der Waals surface area contributed by atoms with Crippen LogP contribution in [0.25, 0.3) is 0 Å². The van der Waals surface area contributed by atoms with Gasteiger partial charge in [0.25, 0.3) is 0 Å². The highest BCUT2D eigenvalue weighted by Gasteiger charge is 2.43. The van der Waals surface area contributed by atoms with Gasteiger partial charge < -0.3 is 4.74 Å². The molecular weight excluding hydrogens is 350 g/mol. The minimum absolute atomic E-state index is 0.101. The predicted octanol–water partition coefficient (Wildman–Crippen LogP) is 3.14. The van der Waals surface area contributed by atoms with E-state index in [0.717, 1.165) is 11.1 Å². The third-order valence-electron chi connectivity index (χ3n) is 4.59. The van der Waals surface area contributed by atoms with E-state index in [2.05, 4.69) is 0 Å². The first-order valence-electron chi connectivity index (χ1n) is 8.67. The molecule has 1 fully saturated rings. The van der Waals surface area contributed by atoms with Crippen LogP contribution in [-0.4, -0.2) is 31.3 Å². The van der Waals surface area contributed by atoms with Gasteiger partial charge in [-0.2, -0.15) is 4.31 Å². The number of carbonyl (C=O) groups excluding carboxylic acids is 1. The summed E-state index contributed by atoms with van der Waals surface area (Å²) in [5.41, 5.74) is 1.86. The average Bonchev–Trinajstić information content (AvgIpc) is 3.04. The zero-order valence-corrected chi connectivity index (χ0v) is 15.8. The molecule has 6 heteroatoms. The summed E-state index contributed by atoms with van der Waals surface area (Å²) < 4.78 is 32.7. The zero-order valence-electron chi connectivity index (χ0n) is 15.0. The molecule has 2 aromatic rings. The van der Waals surface area contributed by atoms with Crippen molar-refractivity contribution in [1.82, 2.24) is 4.31 Å². The van der Waals surface area contributed by atoms with E-state index in [9.17, 15) is 13.2 Å². The molecule has 1 heterocycles. The van der Waals surface area contributed by atoms with Gasteiger partial charge in [-0.25, -0.2) is 8.42 Å². The Bertz CT molecular complexity index is 862. The molecule has 0 bridgehead atoms. The summed E-state index contributed by atoms with van der Waals surface area (Å²) >= 11 is 0. The van der Waals surface area contributed by atoms with Gasteiger partial charge in [0.2, 0.25) is 10.0 Å². The molecule has 2 aromatic carbocycles. The molecule has 0 radical (unpaired) electrons. The number of sulfonamides is 1. The maximum atomic E-state index is 13.0. The van der Waals surface area contributed by atoms with Crippen LogP contribution in [0, 0.1) is 12.8 Å². The SMILES string of the molecule is Cc1ccc(S(=O)(=O)N2C[C@H](C)C[C@H]2C(=O)OCc2ccccc2)cc1. The summed E-state index contributed by atoms with van der Waals surface area (Å²) in [7, 11) is -3.73. The highest BCUT2D eigenvalue weighted by Crippen LogP contribution is 2.30. The van der Waals surface area contributed by atoms with Crippen molar-refractivity contribution in [2.45, 2.75) is 37.8 Å². The highest BCUT2D eigenvalue weighted by atomic mass is 32.2. The molecule has 2 atom stereocenters. The third kappa shape index (κ3) is 3.97. The van der Waals surface area contributed by atoms with Gasteiger partial charge in [-0.3, -0.25) is 4.79 Å². The summed E-state index contributed by atoms with van der Waals surface area (Å²) in [6, 6.07) is 15.3. The molecule has 0 aromatic heterocycles. The minimum Gasteiger partial charge on any atom is -0.460 e. The maximum Gasteiger partial charge on any atom is 0.324 e. The molecule has 5 nitrogen and oxygen atoms in total. The number of benzene rings is 2. The molecule has 0 spiro atoms. The van der Waals surface area contributed by atoms with Crippen molar-refractivity contribution >= 4 is 16.0 Å². The van der Waals surface area contributed by atoms with Crippen molar-refractivity contribution in [3.05, 3.63) is 65.7 Å². The molecule has 0 saturated carbocycles. The van der Waals surface area contributed by atoms with Gasteiger partial charge in [-0.1, -0.05) is 55.0 Å². The Labute approximate surface area is 154 Å². The smallest absolute Gasteiger partial charge is 0.324 e. The van der Waals surface area contributed by atoms with Crippen molar-refractivity contribution in [2.75, 3.05) is 6.54 Å². The van der Waals surface area contributed by atoms with Crippen molar-refractivity contribution in [3.8, 4) is 0 Å². The lowest BCUT2D eigenvalue weighted by Crippen LogP contribution is -2.41. The first kappa shape index (κ1) is 18.6. The van der Waals surface area contributed by atoms with Crippen LogP contribution >= 0.6 is 0 Å². The van der Waals surface area contributed by atoms with Crippen LogP contribution in [0.1, 0.15) is 24.5 Å². The third-order valence-corrected chi connectivity index (χ3v) is 6.48. The van der Waals surface area contributed by atoms with E-state index >= 15 is 0 Å². The zero-order chi connectivity index (χ0) is 18.7. The van der Waals surface area contributed by atoms with Crippen molar-refractivity contribution < 1.29 is 17.9 Å². The number of carbonyl (C=O) groups is 1. The quantitative estimate of drug-likeness (QED) is 0.756. The predicted molar refractivity (Wildman–Crippen MR) is 98.9 cm³/mol. The maximum absolute atomic E-state index is 13.0. The van der Waals surface area contributed by atoms with Crippen LogP contribution < -0.4 is 0 Å². The van der Waals surface area contributed by atoms with Crippen molar-refractivity contribution in [3.63, 3.8) is 0 Å². The van der Waals surface area contributed by atoms with Gasteiger partial charge in [0.05, 0.1) is 4.90 Å². The van der Waals surface area contributed by atoms with E-state index in [4.69, 9.17) is 4.74 Å². The topological polar surface area (TPSA) is 63.7 Å². The number of esters is 1. The number of hydrogen-bond donors (Lipinski definition) is 0. The summed E-state index contributed by atoms with van der Waals surface area (Å²) in [6.45, 7) is 4.31. The van der Waals surface area contributed by atoms with E-state index in [1.165, 1.54) is 4.31 Å². The highest BCUT2D eigenvalue weighted by molar-refractivity contribution is 7.89. The molecule has 138 valence electrons. The number of nitrogens with zero attached hydrogens (tertiary/aromatic N) is 1.